The number of aliphatic carboxylic acids is 1. The Morgan fingerprint density at radius 3 is 2.79 bits per heavy atom. The third kappa shape index (κ3) is 6.97. The molecule has 43 heavy (non-hydrogen) atoms. The zero-order chi connectivity index (χ0) is 30.6. The van der Waals surface area contributed by atoms with Crippen LogP contribution in [0.3, 0.4) is 0 Å². The summed E-state index contributed by atoms with van der Waals surface area (Å²) in [5.74, 6) is -2.47. The number of methoxy groups -OCH3 is 1. The van der Waals surface area contributed by atoms with Gasteiger partial charge in [0.1, 0.15) is 11.9 Å². The Kier molecular flexibility index (Phi) is 10.2. The number of carbonyl (C=O) groups is 1. The number of carboxylic acids is 1. The van der Waals surface area contributed by atoms with Crippen LogP contribution in [-0.4, -0.2) is 85.5 Å². The summed E-state index contributed by atoms with van der Waals surface area (Å²) in [5.41, 5.74) is 2.17. The van der Waals surface area contributed by atoms with Crippen LogP contribution in [0.2, 0.25) is 0 Å². The molecule has 236 valence electrons. The van der Waals surface area contributed by atoms with Gasteiger partial charge in [0.05, 0.1) is 7.11 Å². The molecule has 0 spiro atoms. The summed E-state index contributed by atoms with van der Waals surface area (Å²) in [6, 6.07) is 4.93. The maximum absolute atomic E-state index is 15.4. The molecule has 1 aromatic heterocycles. The van der Waals surface area contributed by atoms with E-state index >= 15 is 8.78 Å². The number of nitrogens with one attached hydrogen (secondary N) is 1. The molecular weight excluding hydrogens is 554 g/mol. The van der Waals surface area contributed by atoms with Crippen LogP contribution in [0.1, 0.15) is 80.3 Å². The molecule has 2 atom stereocenters. The molecule has 4 heterocycles. The van der Waals surface area contributed by atoms with Gasteiger partial charge in [-0.25, -0.2) is 9.37 Å². The second-order valence-corrected chi connectivity index (χ2v) is 12.7. The number of carboxylic acid groups (broad SMARTS) is 1. The first-order chi connectivity index (χ1) is 20.7. The van der Waals surface area contributed by atoms with Crippen molar-refractivity contribution >= 4 is 11.8 Å². The number of nitrogens with zero attached hydrogens (tertiary/aromatic N) is 3. The maximum Gasteiger partial charge on any atom is 0.325 e. The van der Waals surface area contributed by atoms with E-state index in [1.165, 1.54) is 18.7 Å². The predicted molar refractivity (Wildman–Crippen MR) is 162 cm³/mol. The normalized spacial score (nSPS) is 20.9. The average molecular weight is 601 g/mol. The Balaban J connectivity index is 1.20. The number of hydrogen-bond acceptors (Lipinski definition) is 7. The molecule has 1 unspecified atom stereocenters. The van der Waals surface area contributed by atoms with Crippen molar-refractivity contribution in [1.82, 2.24) is 14.8 Å². The number of anilines is 1. The highest BCUT2D eigenvalue weighted by atomic mass is 19.2. The number of fused-ring (bicyclic) bond motifs is 1. The van der Waals surface area contributed by atoms with E-state index in [-0.39, 0.29) is 22.9 Å². The monoisotopic (exact) mass is 600 g/mol. The highest BCUT2D eigenvalue weighted by molar-refractivity contribution is 5.77. The largest absolute Gasteiger partial charge is 0.493 e. The van der Waals surface area contributed by atoms with Gasteiger partial charge in [-0.3, -0.25) is 9.69 Å². The predicted octanol–water partition coefficient (Wildman–Crippen LogP) is 5.34. The maximum atomic E-state index is 15.4. The molecule has 1 aromatic carbocycles. The number of unbranched alkanes of at least 4 members (excludes halogenated alkanes) is 2. The Morgan fingerprint density at radius 2 is 2.05 bits per heavy atom. The van der Waals surface area contributed by atoms with Crippen LogP contribution >= 0.6 is 0 Å². The molecule has 5 rings (SSSR count). The molecule has 0 aliphatic carbocycles. The molecule has 2 saturated heterocycles. The molecule has 3 aliphatic rings. The lowest BCUT2D eigenvalue weighted by atomic mass is 9.75. The first-order valence-electron chi connectivity index (χ1n) is 15.8. The highest BCUT2D eigenvalue weighted by Crippen LogP contribution is 2.43. The van der Waals surface area contributed by atoms with Gasteiger partial charge < -0.3 is 24.8 Å². The van der Waals surface area contributed by atoms with E-state index in [0.29, 0.717) is 39.1 Å². The van der Waals surface area contributed by atoms with Crippen molar-refractivity contribution in [3.8, 4) is 5.75 Å². The van der Waals surface area contributed by atoms with Crippen LogP contribution < -0.4 is 10.1 Å². The van der Waals surface area contributed by atoms with Crippen LogP contribution in [0.15, 0.2) is 18.2 Å². The van der Waals surface area contributed by atoms with Crippen molar-refractivity contribution in [3.63, 3.8) is 0 Å². The lowest BCUT2D eigenvalue weighted by Crippen LogP contribution is -2.38. The van der Waals surface area contributed by atoms with Crippen molar-refractivity contribution in [1.29, 1.82) is 0 Å². The minimum atomic E-state index is -1.13. The molecule has 0 saturated carbocycles. The van der Waals surface area contributed by atoms with Gasteiger partial charge in [-0.1, -0.05) is 19.4 Å². The second-order valence-electron chi connectivity index (χ2n) is 12.7. The van der Waals surface area contributed by atoms with Crippen LogP contribution in [0, 0.1) is 11.6 Å². The number of aromatic nitrogens is 1. The van der Waals surface area contributed by atoms with Crippen LogP contribution in [0.5, 0.6) is 5.75 Å². The number of pyridine rings is 1. The van der Waals surface area contributed by atoms with E-state index in [9.17, 15) is 9.90 Å². The van der Waals surface area contributed by atoms with E-state index in [4.69, 9.17) is 14.5 Å². The number of rotatable bonds is 12. The summed E-state index contributed by atoms with van der Waals surface area (Å²) < 4.78 is 41.5. The van der Waals surface area contributed by atoms with Crippen molar-refractivity contribution < 1.29 is 28.2 Å². The number of aryl methyl sites for hydroxylation is 2. The molecule has 0 amide bonds. The molecule has 0 bridgehead atoms. The number of likely N-dealkylation sites (N-methyl/N-ethyl adjacent to an activating group) is 1. The summed E-state index contributed by atoms with van der Waals surface area (Å²) in [4.78, 5) is 21.6. The number of likely N-dealkylation sites (tertiary alicyclic amines) is 1. The molecule has 2 fully saturated rings. The topological polar surface area (TPSA) is 87.2 Å². The van der Waals surface area contributed by atoms with Crippen molar-refractivity contribution in [2.24, 2.45) is 0 Å². The van der Waals surface area contributed by atoms with Crippen LogP contribution in [0.25, 0.3) is 0 Å². The Bertz CT molecular complexity index is 1290. The molecule has 3 aliphatic heterocycles. The quantitative estimate of drug-likeness (QED) is 0.316. The fourth-order valence-corrected chi connectivity index (χ4v) is 6.95. The number of halogens is 2. The van der Waals surface area contributed by atoms with Gasteiger partial charge in [0.2, 0.25) is 5.82 Å². The average Bonchev–Trinajstić information content (AvgIpc) is 3.48. The molecule has 10 heteroatoms. The zero-order valence-electron chi connectivity index (χ0n) is 25.8. The lowest BCUT2D eigenvalue weighted by Gasteiger charge is -2.36. The summed E-state index contributed by atoms with van der Waals surface area (Å²) >= 11 is 0. The van der Waals surface area contributed by atoms with Gasteiger partial charge in [-0.2, -0.15) is 4.39 Å². The summed E-state index contributed by atoms with van der Waals surface area (Å²) in [6.07, 6.45) is 8.28. The smallest absolute Gasteiger partial charge is 0.325 e. The Hall–Kier alpha value is -2.82. The SMILES string of the molecule is COc1c(C(C(=O)O)N2CC[C@@H](N(C)CCCCCc3ccc4c(n3)NCCC4)C2)cc(C2(C)CCOCC2)c(F)c1F. The van der Waals surface area contributed by atoms with Gasteiger partial charge in [0, 0.05) is 50.1 Å². The van der Waals surface area contributed by atoms with Crippen molar-refractivity contribution in [2.45, 2.75) is 82.2 Å². The highest BCUT2D eigenvalue weighted by Gasteiger charge is 2.41. The van der Waals surface area contributed by atoms with Crippen molar-refractivity contribution in [2.75, 3.05) is 58.9 Å². The van der Waals surface area contributed by atoms with E-state index in [0.717, 1.165) is 69.5 Å². The minimum Gasteiger partial charge on any atom is -0.493 e. The van der Waals surface area contributed by atoms with Crippen LogP contribution in [0.4, 0.5) is 14.6 Å². The summed E-state index contributed by atoms with van der Waals surface area (Å²) in [7, 11) is 3.35. The van der Waals surface area contributed by atoms with Gasteiger partial charge in [-0.15, -0.1) is 0 Å². The Labute approximate surface area is 253 Å². The minimum absolute atomic E-state index is 0.172. The van der Waals surface area contributed by atoms with Gasteiger partial charge >= 0.3 is 5.97 Å². The van der Waals surface area contributed by atoms with Crippen LogP contribution in [-0.2, 0) is 27.8 Å². The van der Waals surface area contributed by atoms with E-state index in [2.05, 4.69) is 29.4 Å². The lowest BCUT2D eigenvalue weighted by molar-refractivity contribution is -0.143. The third-order valence-corrected chi connectivity index (χ3v) is 9.75. The molecule has 2 N–H and O–H groups in total. The van der Waals surface area contributed by atoms with E-state index < -0.39 is 29.1 Å². The molecule has 0 radical (unpaired) electrons. The molecule has 8 nitrogen and oxygen atoms in total. The summed E-state index contributed by atoms with van der Waals surface area (Å²) in [6.45, 7) is 5.77. The fourth-order valence-electron chi connectivity index (χ4n) is 6.95. The Morgan fingerprint density at radius 1 is 1.26 bits per heavy atom. The zero-order valence-corrected chi connectivity index (χ0v) is 25.8. The number of benzene rings is 1. The van der Waals surface area contributed by atoms with E-state index in [1.54, 1.807) is 0 Å². The first kappa shape index (κ1) is 31.6. The third-order valence-electron chi connectivity index (χ3n) is 9.75. The van der Waals surface area contributed by atoms with Crippen molar-refractivity contribution in [3.05, 3.63) is 52.2 Å². The number of hydrogen-bond donors (Lipinski definition) is 2. The fraction of sp³-hybridized carbons (Fsp3) is 0.636. The van der Waals surface area contributed by atoms with Gasteiger partial charge in [0.25, 0.3) is 0 Å². The van der Waals surface area contributed by atoms with Gasteiger partial charge in [-0.05, 0) is 93.6 Å². The van der Waals surface area contributed by atoms with E-state index in [1.807, 2.05) is 11.8 Å². The summed E-state index contributed by atoms with van der Waals surface area (Å²) in [5, 5.41) is 13.8. The molecule has 2 aromatic rings. The first-order valence-corrected chi connectivity index (χ1v) is 15.8. The molecular formula is C33H46F2N4O4. The van der Waals surface area contributed by atoms with Gasteiger partial charge in [0.15, 0.2) is 11.6 Å². The standard InChI is InChI=1S/C33H46F2N4O4/c1-33(13-18-43-19-14-33)26-20-25(30(42-3)28(35)27(26)34)29(32(40)41)39-17-12-24(21-39)38(2)16-6-4-5-9-23-11-10-22-8-7-15-36-31(22)37-23/h10-11,20,24,29H,4-9,12-19,21H2,1-3H3,(H,36,37)(H,40,41)/t24-,29?/m1/s1. The number of ether oxygens (including phenoxy) is 2. The second kappa shape index (κ2) is 13.9.